The zero-order valence-electron chi connectivity index (χ0n) is 11.8. The molecule has 0 saturated carbocycles. The van der Waals surface area contributed by atoms with Crippen LogP contribution < -0.4 is 5.32 Å². The number of nitrogens with one attached hydrogen (secondary N) is 1. The van der Waals surface area contributed by atoms with E-state index in [1.807, 2.05) is 19.2 Å². The number of fused-ring (bicyclic) bond motifs is 1. The van der Waals surface area contributed by atoms with Gasteiger partial charge in [-0.3, -0.25) is 0 Å². The average Bonchev–Trinajstić information content (AvgIpc) is 2.82. The van der Waals surface area contributed by atoms with Gasteiger partial charge < -0.3 is 5.32 Å². The second-order valence-corrected chi connectivity index (χ2v) is 7.82. The summed E-state index contributed by atoms with van der Waals surface area (Å²) in [6.07, 6.45) is 0. The number of hydrogen-bond donors (Lipinski definition) is 1. The summed E-state index contributed by atoms with van der Waals surface area (Å²) in [5, 5.41) is 6.53. The van der Waals surface area contributed by atoms with Crippen molar-refractivity contribution >= 4 is 49.6 Å². The number of thiophene rings is 1. The van der Waals surface area contributed by atoms with E-state index >= 15 is 0 Å². The maximum atomic E-state index is 6.33. The van der Waals surface area contributed by atoms with E-state index in [0.29, 0.717) is 0 Å². The van der Waals surface area contributed by atoms with Crippen molar-refractivity contribution in [2.75, 3.05) is 7.05 Å². The van der Waals surface area contributed by atoms with Crippen molar-refractivity contribution in [3.05, 3.63) is 67.3 Å². The molecule has 3 aromatic rings. The Morgan fingerprint density at radius 1 is 1.14 bits per heavy atom. The molecule has 1 N–H and O–H groups in total. The fraction of sp³-hybridized carbons (Fsp3) is 0.176. The standard InChI is InChI=1S/C17H15BrClNS/c1-10-9-15(21-17(10)18)16(20-2)13-7-8-14(19)12-6-4-3-5-11(12)13/h3-9,16,20H,1-2H3. The van der Waals surface area contributed by atoms with E-state index in [1.165, 1.54) is 25.2 Å². The van der Waals surface area contributed by atoms with Gasteiger partial charge in [-0.2, -0.15) is 0 Å². The summed E-state index contributed by atoms with van der Waals surface area (Å²) in [7, 11) is 2.00. The zero-order chi connectivity index (χ0) is 15.0. The first-order valence-corrected chi connectivity index (χ1v) is 8.71. The van der Waals surface area contributed by atoms with E-state index in [4.69, 9.17) is 11.6 Å². The fourth-order valence-electron chi connectivity index (χ4n) is 2.61. The third-order valence-electron chi connectivity index (χ3n) is 3.67. The zero-order valence-corrected chi connectivity index (χ0v) is 14.9. The molecule has 0 spiro atoms. The molecule has 1 atom stereocenters. The second-order valence-electron chi connectivity index (χ2n) is 5.01. The lowest BCUT2D eigenvalue weighted by Gasteiger charge is -2.18. The Kier molecular flexibility index (Phi) is 4.36. The molecular formula is C17H15BrClNS. The van der Waals surface area contributed by atoms with Crippen molar-refractivity contribution in [2.24, 2.45) is 0 Å². The summed E-state index contributed by atoms with van der Waals surface area (Å²) in [6.45, 7) is 2.12. The molecule has 0 saturated heterocycles. The molecule has 2 aromatic carbocycles. The van der Waals surface area contributed by atoms with E-state index in [9.17, 15) is 0 Å². The van der Waals surface area contributed by atoms with Crippen LogP contribution in [0.2, 0.25) is 5.02 Å². The van der Waals surface area contributed by atoms with Crippen LogP contribution in [-0.4, -0.2) is 7.05 Å². The summed E-state index contributed by atoms with van der Waals surface area (Å²) >= 11 is 11.7. The monoisotopic (exact) mass is 379 g/mol. The largest absolute Gasteiger partial charge is 0.309 e. The Hall–Kier alpha value is -0.870. The molecule has 0 radical (unpaired) electrons. The van der Waals surface area contributed by atoms with Crippen LogP contribution in [0.25, 0.3) is 10.8 Å². The molecular weight excluding hydrogens is 366 g/mol. The average molecular weight is 381 g/mol. The van der Waals surface area contributed by atoms with Crippen LogP contribution in [-0.2, 0) is 0 Å². The predicted molar refractivity (Wildman–Crippen MR) is 96.6 cm³/mol. The molecule has 0 aliphatic carbocycles. The Labute approximate surface area is 142 Å². The first-order valence-electron chi connectivity index (χ1n) is 6.72. The highest BCUT2D eigenvalue weighted by Crippen LogP contribution is 2.37. The number of benzene rings is 2. The molecule has 1 heterocycles. The minimum Gasteiger partial charge on any atom is -0.309 e. The lowest BCUT2D eigenvalue weighted by Crippen LogP contribution is -2.16. The lowest BCUT2D eigenvalue weighted by molar-refractivity contribution is 0.709. The minimum absolute atomic E-state index is 0.169. The van der Waals surface area contributed by atoms with Gasteiger partial charge >= 0.3 is 0 Å². The Morgan fingerprint density at radius 2 is 1.86 bits per heavy atom. The van der Waals surface area contributed by atoms with Gasteiger partial charge in [-0.1, -0.05) is 41.9 Å². The normalized spacial score (nSPS) is 12.8. The fourth-order valence-corrected chi connectivity index (χ4v) is 4.54. The smallest absolute Gasteiger partial charge is 0.0731 e. The maximum absolute atomic E-state index is 6.33. The Bertz CT molecular complexity index is 777. The SMILES string of the molecule is CNC(c1cc(C)c(Br)s1)c1ccc(Cl)c2ccccc12. The minimum atomic E-state index is 0.169. The molecule has 0 aliphatic rings. The van der Waals surface area contributed by atoms with Crippen molar-refractivity contribution < 1.29 is 0 Å². The number of halogens is 2. The van der Waals surface area contributed by atoms with Gasteiger partial charge in [0.2, 0.25) is 0 Å². The molecule has 0 amide bonds. The predicted octanol–water partition coefficient (Wildman–Crippen LogP) is 5.93. The highest BCUT2D eigenvalue weighted by molar-refractivity contribution is 9.11. The van der Waals surface area contributed by atoms with Gasteiger partial charge in [0, 0.05) is 15.3 Å². The Balaban J connectivity index is 2.20. The van der Waals surface area contributed by atoms with Gasteiger partial charge in [0.1, 0.15) is 0 Å². The molecule has 4 heteroatoms. The molecule has 21 heavy (non-hydrogen) atoms. The van der Waals surface area contributed by atoms with Crippen LogP contribution in [0.15, 0.2) is 46.3 Å². The second kappa shape index (κ2) is 6.09. The van der Waals surface area contributed by atoms with Gasteiger partial charge in [0.25, 0.3) is 0 Å². The third-order valence-corrected chi connectivity index (χ3v) is 6.20. The highest BCUT2D eigenvalue weighted by Gasteiger charge is 2.18. The molecule has 0 bridgehead atoms. The van der Waals surface area contributed by atoms with Crippen molar-refractivity contribution in [3.8, 4) is 0 Å². The number of aryl methyl sites for hydroxylation is 1. The Morgan fingerprint density at radius 3 is 2.48 bits per heavy atom. The maximum Gasteiger partial charge on any atom is 0.0731 e. The third kappa shape index (κ3) is 2.76. The van der Waals surface area contributed by atoms with E-state index in [2.05, 4.69) is 58.5 Å². The number of hydrogen-bond acceptors (Lipinski definition) is 2. The molecule has 1 unspecified atom stereocenters. The topological polar surface area (TPSA) is 12.0 Å². The van der Waals surface area contributed by atoms with E-state index in [-0.39, 0.29) is 6.04 Å². The van der Waals surface area contributed by atoms with E-state index in [1.54, 1.807) is 11.3 Å². The van der Waals surface area contributed by atoms with E-state index < -0.39 is 0 Å². The van der Waals surface area contributed by atoms with Gasteiger partial charge in [-0.05, 0) is 58.5 Å². The van der Waals surface area contributed by atoms with Crippen LogP contribution in [0.1, 0.15) is 22.0 Å². The summed E-state index contributed by atoms with van der Waals surface area (Å²) in [4.78, 5) is 1.30. The first-order chi connectivity index (χ1) is 10.1. The summed E-state index contributed by atoms with van der Waals surface area (Å²) in [5.74, 6) is 0. The van der Waals surface area contributed by atoms with Gasteiger partial charge in [-0.15, -0.1) is 11.3 Å². The van der Waals surface area contributed by atoms with Crippen molar-refractivity contribution in [1.29, 1.82) is 0 Å². The van der Waals surface area contributed by atoms with Crippen LogP contribution in [0.3, 0.4) is 0 Å². The van der Waals surface area contributed by atoms with Crippen LogP contribution in [0.5, 0.6) is 0 Å². The van der Waals surface area contributed by atoms with Crippen LogP contribution in [0, 0.1) is 6.92 Å². The number of rotatable bonds is 3. The van der Waals surface area contributed by atoms with Gasteiger partial charge in [0.15, 0.2) is 0 Å². The summed E-state index contributed by atoms with van der Waals surface area (Å²) in [5.41, 5.74) is 2.53. The quantitative estimate of drug-likeness (QED) is 0.593. The highest BCUT2D eigenvalue weighted by atomic mass is 79.9. The molecule has 0 aliphatic heterocycles. The summed E-state index contributed by atoms with van der Waals surface area (Å²) in [6, 6.07) is 14.8. The molecule has 1 nitrogen and oxygen atoms in total. The molecule has 3 rings (SSSR count). The van der Waals surface area contributed by atoms with Crippen molar-refractivity contribution in [3.63, 3.8) is 0 Å². The van der Waals surface area contributed by atoms with Gasteiger partial charge in [-0.25, -0.2) is 0 Å². The summed E-state index contributed by atoms with van der Waals surface area (Å²) < 4.78 is 1.19. The first kappa shape index (κ1) is 15.0. The molecule has 1 aromatic heterocycles. The van der Waals surface area contributed by atoms with Crippen molar-refractivity contribution in [2.45, 2.75) is 13.0 Å². The lowest BCUT2D eigenvalue weighted by atomic mass is 9.97. The van der Waals surface area contributed by atoms with E-state index in [0.717, 1.165) is 10.4 Å². The molecule has 0 fully saturated rings. The van der Waals surface area contributed by atoms with Crippen LogP contribution >= 0.6 is 38.9 Å². The van der Waals surface area contributed by atoms with Gasteiger partial charge in [0.05, 0.1) is 9.83 Å². The van der Waals surface area contributed by atoms with Crippen LogP contribution in [0.4, 0.5) is 0 Å². The molecule has 108 valence electrons. The van der Waals surface area contributed by atoms with Crippen molar-refractivity contribution in [1.82, 2.24) is 5.32 Å².